The molecule has 0 saturated carbocycles. The van der Waals surface area contributed by atoms with Crippen molar-refractivity contribution in [3.8, 4) is 11.8 Å². The minimum absolute atomic E-state index is 0.0365. The number of ether oxygens (including phenoxy) is 1. The fraction of sp³-hybridized carbons (Fsp3) is 0.357. The molecule has 0 aromatic heterocycles. The minimum Gasteiger partial charge on any atom is -0.444 e. The molecule has 0 aliphatic carbocycles. The fourth-order valence-electron chi connectivity index (χ4n) is 1.29. The van der Waals surface area contributed by atoms with Gasteiger partial charge in [-0.25, -0.2) is 13.6 Å². The van der Waals surface area contributed by atoms with Gasteiger partial charge in [-0.05, 0) is 26.8 Å². The second-order valence-corrected chi connectivity index (χ2v) is 5.01. The Morgan fingerprint density at radius 1 is 1.40 bits per heavy atom. The Kier molecular flexibility index (Phi) is 4.92. The van der Waals surface area contributed by atoms with Gasteiger partial charge in [-0.2, -0.15) is 0 Å². The molecule has 6 heteroatoms. The number of benzene rings is 1. The van der Waals surface area contributed by atoms with Crippen molar-refractivity contribution in [3.05, 3.63) is 29.3 Å². The second-order valence-electron chi connectivity index (χ2n) is 5.01. The Morgan fingerprint density at radius 2 is 2.05 bits per heavy atom. The van der Waals surface area contributed by atoms with Crippen molar-refractivity contribution in [2.24, 2.45) is 0 Å². The van der Waals surface area contributed by atoms with E-state index in [1.807, 2.05) is 0 Å². The van der Waals surface area contributed by atoms with Crippen LogP contribution in [0.15, 0.2) is 12.1 Å². The molecule has 1 aromatic rings. The summed E-state index contributed by atoms with van der Waals surface area (Å²) in [6, 6.07) is 1.68. The maximum atomic E-state index is 13.4. The van der Waals surface area contributed by atoms with Crippen LogP contribution in [0.3, 0.4) is 0 Å². The molecule has 0 fully saturated rings. The van der Waals surface area contributed by atoms with Gasteiger partial charge in [0.15, 0.2) is 0 Å². The summed E-state index contributed by atoms with van der Waals surface area (Å²) in [6.07, 6.45) is -0.626. The van der Waals surface area contributed by atoms with E-state index >= 15 is 0 Å². The Balaban J connectivity index is 2.62. The predicted octanol–water partition coefficient (Wildman–Crippen LogP) is 2.42. The molecular formula is C14H16F2N2O2. The topological polar surface area (TPSA) is 64.3 Å². The quantitative estimate of drug-likeness (QED) is 0.614. The van der Waals surface area contributed by atoms with Gasteiger partial charge in [0.25, 0.3) is 0 Å². The van der Waals surface area contributed by atoms with E-state index in [0.29, 0.717) is 6.07 Å². The molecule has 108 valence electrons. The van der Waals surface area contributed by atoms with Gasteiger partial charge in [-0.1, -0.05) is 11.8 Å². The molecular weight excluding hydrogens is 266 g/mol. The molecule has 0 saturated heterocycles. The lowest BCUT2D eigenvalue weighted by Crippen LogP contribution is -2.32. The number of anilines is 1. The first kappa shape index (κ1) is 15.8. The molecule has 0 heterocycles. The Bertz CT molecular complexity index is 546. The van der Waals surface area contributed by atoms with Crippen molar-refractivity contribution >= 4 is 11.8 Å². The average molecular weight is 282 g/mol. The van der Waals surface area contributed by atoms with Gasteiger partial charge >= 0.3 is 6.09 Å². The number of carbonyl (C=O) groups is 1. The summed E-state index contributed by atoms with van der Waals surface area (Å²) in [7, 11) is 0. The van der Waals surface area contributed by atoms with E-state index in [1.54, 1.807) is 20.8 Å². The van der Waals surface area contributed by atoms with Crippen LogP contribution in [0, 0.1) is 23.5 Å². The van der Waals surface area contributed by atoms with Crippen LogP contribution in [-0.4, -0.2) is 18.2 Å². The highest BCUT2D eigenvalue weighted by Gasteiger charge is 2.15. The van der Waals surface area contributed by atoms with E-state index in [4.69, 9.17) is 10.5 Å². The Hall–Kier alpha value is -2.29. The lowest BCUT2D eigenvalue weighted by atomic mass is 10.1. The zero-order valence-corrected chi connectivity index (χ0v) is 11.5. The van der Waals surface area contributed by atoms with Gasteiger partial charge in [-0.15, -0.1) is 0 Å². The molecule has 3 N–H and O–H groups in total. The van der Waals surface area contributed by atoms with Crippen LogP contribution >= 0.6 is 0 Å². The van der Waals surface area contributed by atoms with E-state index in [9.17, 15) is 13.6 Å². The first-order valence-corrected chi connectivity index (χ1v) is 5.89. The van der Waals surface area contributed by atoms with Crippen LogP contribution < -0.4 is 11.1 Å². The number of nitrogen functional groups attached to an aromatic ring is 1. The van der Waals surface area contributed by atoms with Crippen LogP contribution in [0.5, 0.6) is 0 Å². The maximum absolute atomic E-state index is 13.4. The summed E-state index contributed by atoms with van der Waals surface area (Å²) < 4.78 is 31.2. The highest BCUT2D eigenvalue weighted by molar-refractivity contribution is 5.68. The number of hydrogen-bond donors (Lipinski definition) is 2. The zero-order chi connectivity index (χ0) is 15.3. The van der Waals surface area contributed by atoms with Crippen molar-refractivity contribution in [2.45, 2.75) is 26.4 Å². The second kappa shape index (κ2) is 6.24. The Morgan fingerprint density at radius 3 is 2.60 bits per heavy atom. The molecule has 0 aliphatic rings. The van der Waals surface area contributed by atoms with E-state index in [2.05, 4.69) is 17.2 Å². The van der Waals surface area contributed by atoms with Gasteiger partial charge in [0.2, 0.25) is 0 Å². The van der Waals surface area contributed by atoms with Crippen molar-refractivity contribution in [2.75, 3.05) is 12.3 Å². The smallest absolute Gasteiger partial charge is 0.408 e. The molecule has 0 atom stereocenters. The molecule has 1 amide bonds. The van der Waals surface area contributed by atoms with Gasteiger partial charge in [0, 0.05) is 6.07 Å². The van der Waals surface area contributed by atoms with E-state index in [0.717, 1.165) is 6.07 Å². The summed E-state index contributed by atoms with van der Waals surface area (Å²) in [4.78, 5) is 11.3. The van der Waals surface area contributed by atoms with Gasteiger partial charge < -0.3 is 15.8 Å². The van der Waals surface area contributed by atoms with E-state index in [1.165, 1.54) is 0 Å². The summed E-state index contributed by atoms with van der Waals surface area (Å²) in [5.41, 5.74) is 4.66. The summed E-state index contributed by atoms with van der Waals surface area (Å²) >= 11 is 0. The first-order chi connectivity index (χ1) is 9.19. The summed E-state index contributed by atoms with van der Waals surface area (Å²) in [6.45, 7) is 5.15. The lowest BCUT2D eigenvalue weighted by molar-refractivity contribution is 0.0535. The van der Waals surface area contributed by atoms with Crippen LogP contribution in [0.2, 0.25) is 0 Å². The third-order valence-corrected chi connectivity index (χ3v) is 2.02. The number of carbonyl (C=O) groups excluding carboxylic acids is 1. The predicted molar refractivity (Wildman–Crippen MR) is 71.9 cm³/mol. The third kappa shape index (κ3) is 5.14. The molecule has 1 aromatic carbocycles. The molecule has 0 spiro atoms. The van der Waals surface area contributed by atoms with E-state index < -0.39 is 23.3 Å². The van der Waals surface area contributed by atoms with Crippen LogP contribution in [0.4, 0.5) is 19.3 Å². The summed E-state index contributed by atoms with van der Waals surface area (Å²) in [5.74, 6) is 3.35. The van der Waals surface area contributed by atoms with Gasteiger partial charge in [-0.3, -0.25) is 0 Å². The number of nitrogens with two attached hydrogens (primary N) is 1. The molecule has 0 unspecified atom stereocenters. The van der Waals surface area contributed by atoms with Crippen molar-refractivity contribution in [1.29, 1.82) is 0 Å². The van der Waals surface area contributed by atoms with Crippen molar-refractivity contribution in [3.63, 3.8) is 0 Å². The molecule has 20 heavy (non-hydrogen) atoms. The fourth-order valence-corrected chi connectivity index (χ4v) is 1.29. The molecule has 0 bridgehead atoms. The van der Waals surface area contributed by atoms with Gasteiger partial charge in [0.05, 0.1) is 17.8 Å². The monoisotopic (exact) mass is 282 g/mol. The normalized spacial score (nSPS) is 10.4. The van der Waals surface area contributed by atoms with E-state index in [-0.39, 0.29) is 17.8 Å². The van der Waals surface area contributed by atoms with Crippen molar-refractivity contribution < 1.29 is 18.3 Å². The van der Waals surface area contributed by atoms with Crippen molar-refractivity contribution in [1.82, 2.24) is 5.32 Å². The first-order valence-electron chi connectivity index (χ1n) is 5.89. The minimum atomic E-state index is -0.840. The van der Waals surface area contributed by atoms with Crippen LogP contribution in [0.1, 0.15) is 26.3 Å². The molecule has 4 nitrogen and oxygen atoms in total. The van der Waals surface area contributed by atoms with Crippen LogP contribution in [-0.2, 0) is 4.74 Å². The maximum Gasteiger partial charge on any atom is 0.408 e. The summed E-state index contributed by atoms with van der Waals surface area (Å²) in [5, 5.41) is 2.39. The highest BCUT2D eigenvalue weighted by Crippen LogP contribution is 2.16. The van der Waals surface area contributed by atoms with Crippen LogP contribution in [0.25, 0.3) is 0 Å². The standard InChI is InChI=1S/C14H16F2N2O2/c1-14(2,3)20-13(19)18-6-4-5-10-11(16)7-9(15)8-12(10)17/h7-8H,6,17H2,1-3H3,(H,18,19). The lowest BCUT2D eigenvalue weighted by Gasteiger charge is -2.19. The molecule has 0 radical (unpaired) electrons. The highest BCUT2D eigenvalue weighted by atomic mass is 19.1. The number of nitrogens with one attached hydrogen (secondary N) is 1. The number of hydrogen-bond acceptors (Lipinski definition) is 3. The van der Waals surface area contributed by atoms with Gasteiger partial charge in [0.1, 0.15) is 17.2 Å². The average Bonchev–Trinajstić information content (AvgIpc) is 2.23. The SMILES string of the molecule is CC(C)(C)OC(=O)NCC#Cc1c(N)cc(F)cc1F. The number of halogens is 2. The molecule has 0 aliphatic heterocycles. The number of rotatable bonds is 1. The number of alkyl carbamates (subject to hydrolysis) is 1. The third-order valence-electron chi connectivity index (χ3n) is 2.02. The molecule has 1 rings (SSSR count). The Labute approximate surface area is 116 Å². The largest absolute Gasteiger partial charge is 0.444 e. The zero-order valence-electron chi connectivity index (χ0n) is 11.5. The number of amides is 1.